The fourth-order valence-corrected chi connectivity index (χ4v) is 3.67. The Hall–Kier alpha value is -1.84. The highest BCUT2D eigenvalue weighted by Gasteiger charge is 2.74. The molecule has 108 valence electrons. The van der Waals surface area contributed by atoms with Crippen LogP contribution in [0.2, 0.25) is 0 Å². The maximum atomic E-state index is 12.4. The van der Waals surface area contributed by atoms with Gasteiger partial charge < -0.3 is 9.47 Å². The average Bonchev–Trinajstić information content (AvgIpc) is 2.46. The molecule has 0 heterocycles. The Morgan fingerprint density at radius 1 is 0.900 bits per heavy atom. The molecule has 4 heteroatoms. The molecule has 0 aromatic heterocycles. The van der Waals surface area contributed by atoms with Crippen LogP contribution in [0.3, 0.4) is 0 Å². The van der Waals surface area contributed by atoms with Crippen LogP contribution in [0.15, 0.2) is 35.5 Å². The van der Waals surface area contributed by atoms with Gasteiger partial charge in [0, 0.05) is 0 Å². The van der Waals surface area contributed by atoms with Gasteiger partial charge in [-0.1, -0.05) is 24.3 Å². The molecular formula is C16H20O4. The highest BCUT2D eigenvalue weighted by atomic mass is 16.5. The van der Waals surface area contributed by atoms with Gasteiger partial charge in [-0.15, -0.1) is 0 Å². The van der Waals surface area contributed by atoms with Gasteiger partial charge in [0.2, 0.25) is 0 Å². The highest BCUT2D eigenvalue weighted by molar-refractivity contribution is 6.01. The van der Waals surface area contributed by atoms with Gasteiger partial charge in [-0.3, -0.25) is 9.59 Å². The third kappa shape index (κ3) is 1.31. The second-order valence-electron chi connectivity index (χ2n) is 5.67. The highest BCUT2D eigenvalue weighted by Crippen LogP contribution is 2.71. The summed E-state index contributed by atoms with van der Waals surface area (Å²) < 4.78 is 9.93. The molecule has 0 aliphatic heterocycles. The molecule has 2 rings (SSSR count). The second kappa shape index (κ2) is 4.33. The molecule has 2 atom stereocenters. The summed E-state index contributed by atoms with van der Waals surface area (Å²) in [4.78, 5) is 24.9. The van der Waals surface area contributed by atoms with Crippen LogP contribution in [0, 0.1) is 10.8 Å². The summed E-state index contributed by atoms with van der Waals surface area (Å²) in [5, 5.41) is 0. The molecular weight excluding hydrogens is 256 g/mol. The molecule has 0 N–H and O–H groups in total. The third-order valence-corrected chi connectivity index (χ3v) is 4.98. The van der Waals surface area contributed by atoms with Gasteiger partial charge in [0.1, 0.15) is 10.8 Å². The molecule has 0 spiro atoms. The largest absolute Gasteiger partial charge is 0.468 e. The van der Waals surface area contributed by atoms with Crippen LogP contribution < -0.4 is 0 Å². The fourth-order valence-electron chi connectivity index (χ4n) is 3.67. The van der Waals surface area contributed by atoms with Crippen molar-refractivity contribution in [2.75, 3.05) is 14.2 Å². The number of carbonyl (C=O) groups is 2. The Labute approximate surface area is 119 Å². The molecule has 20 heavy (non-hydrogen) atoms. The van der Waals surface area contributed by atoms with E-state index < -0.39 is 22.8 Å². The summed E-state index contributed by atoms with van der Waals surface area (Å²) in [5.74, 6) is -0.876. The molecule has 0 aromatic rings. The first-order valence-electron chi connectivity index (χ1n) is 6.50. The van der Waals surface area contributed by atoms with Crippen LogP contribution in [0.4, 0.5) is 0 Å². The Morgan fingerprint density at radius 3 is 1.45 bits per heavy atom. The molecule has 2 aliphatic rings. The van der Waals surface area contributed by atoms with E-state index in [2.05, 4.69) is 13.2 Å². The van der Waals surface area contributed by atoms with Crippen LogP contribution in [0.1, 0.15) is 26.7 Å². The van der Waals surface area contributed by atoms with Crippen molar-refractivity contribution >= 4 is 11.9 Å². The summed E-state index contributed by atoms with van der Waals surface area (Å²) in [6.07, 6.45) is 0.858. The van der Waals surface area contributed by atoms with Gasteiger partial charge in [-0.05, 0) is 37.8 Å². The average molecular weight is 276 g/mol. The summed E-state index contributed by atoms with van der Waals surface area (Å²) in [5.41, 5.74) is 1.22. The first kappa shape index (κ1) is 14.6. The molecule has 0 amide bonds. The second-order valence-corrected chi connectivity index (χ2v) is 5.67. The molecule has 0 unspecified atom stereocenters. The summed E-state index contributed by atoms with van der Waals surface area (Å²) in [7, 11) is 2.65. The Kier molecular flexibility index (Phi) is 3.16. The standard InChI is InChI=1S/C16H20O4/c1-9-7-15(13(17)19-5)11(3)12(4)16(15,8-10(9)2)14(18)20-6/h3-4,7-8H2,1-2,5-6H3/t15-,16+. The number of esters is 2. The number of rotatable bonds is 2. The van der Waals surface area contributed by atoms with E-state index in [0.717, 1.165) is 11.1 Å². The normalized spacial score (nSPS) is 32.4. The van der Waals surface area contributed by atoms with Gasteiger partial charge >= 0.3 is 11.9 Å². The maximum Gasteiger partial charge on any atom is 0.318 e. The first-order valence-corrected chi connectivity index (χ1v) is 6.50. The third-order valence-electron chi connectivity index (χ3n) is 4.98. The van der Waals surface area contributed by atoms with Crippen molar-refractivity contribution in [3.8, 4) is 0 Å². The number of carbonyl (C=O) groups excluding carboxylic acids is 2. The van der Waals surface area contributed by atoms with E-state index in [-0.39, 0.29) is 0 Å². The molecule has 2 aliphatic carbocycles. The van der Waals surface area contributed by atoms with Crippen LogP contribution in [0.25, 0.3) is 0 Å². The number of ether oxygens (including phenoxy) is 2. The summed E-state index contributed by atoms with van der Waals surface area (Å²) in [6, 6.07) is 0. The molecule has 1 fully saturated rings. The van der Waals surface area contributed by atoms with E-state index in [4.69, 9.17) is 9.47 Å². The van der Waals surface area contributed by atoms with Crippen molar-refractivity contribution in [3.05, 3.63) is 35.5 Å². The number of hydrogen-bond donors (Lipinski definition) is 0. The van der Waals surface area contributed by atoms with Gasteiger partial charge in [-0.2, -0.15) is 0 Å². The Balaban J connectivity index is 2.71. The molecule has 1 saturated carbocycles. The van der Waals surface area contributed by atoms with E-state index in [1.165, 1.54) is 14.2 Å². The van der Waals surface area contributed by atoms with Gasteiger partial charge in [0.25, 0.3) is 0 Å². The van der Waals surface area contributed by atoms with E-state index >= 15 is 0 Å². The maximum absolute atomic E-state index is 12.4. The lowest BCUT2D eigenvalue weighted by molar-refractivity contribution is -0.177. The van der Waals surface area contributed by atoms with Crippen LogP contribution in [0.5, 0.6) is 0 Å². The zero-order chi connectivity index (χ0) is 15.3. The smallest absolute Gasteiger partial charge is 0.318 e. The van der Waals surface area contributed by atoms with Crippen LogP contribution in [-0.4, -0.2) is 26.2 Å². The zero-order valence-electron chi connectivity index (χ0n) is 12.5. The summed E-state index contributed by atoms with van der Waals surface area (Å²) in [6.45, 7) is 11.9. The fraction of sp³-hybridized carbons (Fsp3) is 0.500. The topological polar surface area (TPSA) is 52.6 Å². The van der Waals surface area contributed by atoms with E-state index in [1.54, 1.807) is 0 Å². The zero-order valence-corrected chi connectivity index (χ0v) is 12.5. The lowest BCUT2D eigenvalue weighted by Crippen LogP contribution is -2.65. The van der Waals surface area contributed by atoms with Crippen LogP contribution in [-0.2, 0) is 19.1 Å². The summed E-state index contributed by atoms with van der Waals surface area (Å²) >= 11 is 0. The van der Waals surface area contributed by atoms with Gasteiger partial charge in [0.15, 0.2) is 0 Å². The number of allylic oxidation sites excluding steroid dienone is 2. The molecule has 0 saturated heterocycles. The molecule has 0 radical (unpaired) electrons. The van der Waals surface area contributed by atoms with E-state index in [9.17, 15) is 9.59 Å². The minimum absolute atomic E-state index is 0.429. The van der Waals surface area contributed by atoms with Crippen molar-refractivity contribution in [2.24, 2.45) is 10.8 Å². The van der Waals surface area contributed by atoms with Crippen molar-refractivity contribution in [1.82, 2.24) is 0 Å². The van der Waals surface area contributed by atoms with Crippen molar-refractivity contribution in [1.29, 1.82) is 0 Å². The molecule has 0 aromatic carbocycles. The molecule has 4 nitrogen and oxygen atoms in total. The van der Waals surface area contributed by atoms with Crippen molar-refractivity contribution < 1.29 is 19.1 Å². The quantitative estimate of drug-likeness (QED) is 0.574. The SMILES string of the molecule is C=C1C(=C)[C@@]2(C(=O)OC)CC(C)=C(C)C[C@@]12C(=O)OC. The van der Waals surface area contributed by atoms with Crippen molar-refractivity contribution in [2.45, 2.75) is 26.7 Å². The predicted molar refractivity (Wildman–Crippen MR) is 74.8 cm³/mol. The minimum atomic E-state index is -1.06. The van der Waals surface area contributed by atoms with Crippen molar-refractivity contribution in [3.63, 3.8) is 0 Å². The van der Waals surface area contributed by atoms with E-state index in [1.807, 2.05) is 13.8 Å². The number of methoxy groups -OCH3 is 2. The predicted octanol–water partition coefficient (Wildman–Crippen LogP) is 2.56. The molecule has 0 bridgehead atoms. The number of fused-ring (bicyclic) bond motifs is 1. The van der Waals surface area contributed by atoms with Gasteiger partial charge in [-0.25, -0.2) is 0 Å². The van der Waals surface area contributed by atoms with E-state index in [0.29, 0.717) is 24.0 Å². The Morgan fingerprint density at radius 2 is 1.20 bits per heavy atom. The lowest BCUT2D eigenvalue weighted by Gasteiger charge is -2.60. The lowest BCUT2D eigenvalue weighted by atomic mass is 9.39. The first-order chi connectivity index (χ1) is 9.29. The Bertz CT molecular complexity index is 519. The van der Waals surface area contributed by atoms with Gasteiger partial charge in [0.05, 0.1) is 14.2 Å². The minimum Gasteiger partial charge on any atom is -0.468 e. The van der Waals surface area contributed by atoms with Crippen LogP contribution >= 0.6 is 0 Å². The monoisotopic (exact) mass is 276 g/mol. The number of hydrogen-bond acceptors (Lipinski definition) is 4.